The van der Waals surface area contributed by atoms with Gasteiger partial charge in [-0.15, -0.1) is 0 Å². The molecule has 2 aromatic carbocycles. The van der Waals surface area contributed by atoms with Crippen LogP contribution in [-0.4, -0.2) is 0 Å². The molecule has 1 saturated carbocycles. The molecule has 5 aliphatic rings. The first-order chi connectivity index (χ1) is 11.4. The van der Waals surface area contributed by atoms with Crippen molar-refractivity contribution < 1.29 is 0 Å². The smallest absolute Gasteiger partial charge is 0.0105 e. The Hall–Kier alpha value is -2.60. The lowest BCUT2D eigenvalue weighted by Crippen LogP contribution is -2.09. The number of fused-ring (bicyclic) bond motifs is 6. The molecular formula is C23H14. The van der Waals surface area contributed by atoms with E-state index in [1.54, 1.807) is 33.4 Å². The van der Waals surface area contributed by atoms with Crippen molar-refractivity contribution in [3.63, 3.8) is 0 Å². The van der Waals surface area contributed by atoms with Crippen LogP contribution in [0.1, 0.15) is 46.6 Å². The van der Waals surface area contributed by atoms with Crippen molar-refractivity contribution >= 4 is 34.1 Å². The van der Waals surface area contributed by atoms with Gasteiger partial charge in [0.1, 0.15) is 0 Å². The minimum Gasteiger partial charge on any atom is -0.0622 e. The van der Waals surface area contributed by atoms with Gasteiger partial charge in [0.25, 0.3) is 0 Å². The summed E-state index contributed by atoms with van der Waals surface area (Å²) in [5.74, 6) is 0.705. The molecule has 5 aliphatic carbocycles. The van der Waals surface area contributed by atoms with Crippen molar-refractivity contribution in [1.82, 2.24) is 0 Å². The molecule has 0 saturated heterocycles. The fraction of sp³-hybridized carbons (Fsp3) is 0.130. The summed E-state index contributed by atoms with van der Waals surface area (Å²) in [6, 6.07) is 6.90. The lowest BCUT2D eigenvalue weighted by Gasteiger charge is -2.29. The van der Waals surface area contributed by atoms with Gasteiger partial charge in [0.2, 0.25) is 0 Å². The van der Waals surface area contributed by atoms with Crippen molar-refractivity contribution in [2.75, 3.05) is 0 Å². The fourth-order valence-electron chi connectivity index (χ4n) is 5.28. The van der Waals surface area contributed by atoms with Gasteiger partial charge >= 0.3 is 0 Å². The van der Waals surface area contributed by atoms with E-state index in [0.29, 0.717) is 5.92 Å². The molecule has 2 aromatic rings. The second-order valence-electron chi connectivity index (χ2n) is 7.24. The Kier molecular flexibility index (Phi) is 1.60. The lowest BCUT2D eigenvalue weighted by molar-refractivity contribution is 1.11. The Bertz CT molecular complexity index is 1140. The summed E-state index contributed by atoms with van der Waals surface area (Å²) in [6.45, 7) is 0. The zero-order valence-electron chi connectivity index (χ0n) is 12.7. The molecule has 0 radical (unpaired) electrons. The normalized spacial score (nSPS) is 27.9. The molecule has 0 bridgehead atoms. The fourth-order valence-corrected chi connectivity index (χ4v) is 5.28. The van der Waals surface area contributed by atoms with E-state index in [4.69, 9.17) is 0 Å². The molecule has 0 amide bonds. The van der Waals surface area contributed by atoms with Crippen LogP contribution in [0.3, 0.4) is 0 Å². The molecule has 1 atom stereocenters. The van der Waals surface area contributed by atoms with E-state index in [1.807, 2.05) is 0 Å². The average molecular weight is 290 g/mol. The number of hydrogen-bond acceptors (Lipinski definition) is 0. The Balaban J connectivity index is 1.78. The van der Waals surface area contributed by atoms with Crippen LogP contribution in [0.15, 0.2) is 53.6 Å². The topological polar surface area (TPSA) is 0 Å². The number of allylic oxidation sites excluding steroid dienone is 8. The van der Waals surface area contributed by atoms with Gasteiger partial charge in [-0.1, -0.05) is 60.2 Å². The number of hydrogen-bond donors (Lipinski definition) is 0. The average Bonchev–Trinajstić information content (AvgIpc) is 3.22. The maximum Gasteiger partial charge on any atom is 0.0105 e. The SMILES string of the molecule is C1=C\C=C/c2c(c3c4c5c(cccc25)C2=C4C(=C4CC43)C2)\C=C/1. The van der Waals surface area contributed by atoms with Crippen molar-refractivity contribution in [3.05, 3.63) is 81.5 Å². The first-order valence-corrected chi connectivity index (χ1v) is 8.53. The summed E-state index contributed by atoms with van der Waals surface area (Å²) < 4.78 is 0. The zero-order chi connectivity index (χ0) is 14.7. The van der Waals surface area contributed by atoms with Gasteiger partial charge in [0.15, 0.2) is 0 Å². The Morgan fingerprint density at radius 2 is 1.74 bits per heavy atom. The van der Waals surface area contributed by atoms with Crippen LogP contribution in [0, 0.1) is 0 Å². The van der Waals surface area contributed by atoms with Crippen LogP contribution >= 0.6 is 0 Å². The Morgan fingerprint density at radius 3 is 2.65 bits per heavy atom. The molecule has 0 heteroatoms. The van der Waals surface area contributed by atoms with Crippen molar-refractivity contribution in [2.45, 2.75) is 18.8 Å². The van der Waals surface area contributed by atoms with E-state index >= 15 is 0 Å². The van der Waals surface area contributed by atoms with E-state index in [1.165, 1.54) is 40.3 Å². The second-order valence-corrected chi connectivity index (χ2v) is 7.24. The van der Waals surface area contributed by atoms with Crippen molar-refractivity contribution in [3.8, 4) is 0 Å². The highest BCUT2D eigenvalue weighted by atomic mass is 14.5. The third kappa shape index (κ3) is 1.06. The van der Waals surface area contributed by atoms with Gasteiger partial charge in [0, 0.05) is 5.92 Å². The predicted octanol–water partition coefficient (Wildman–Crippen LogP) is 5.86. The largest absolute Gasteiger partial charge is 0.0622 e. The lowest BCUT2D eigenvalue weighted by atomic mass is 9.74. The highest BCUT2D eigenvalue weighted by Gasteiger charge is 2.50. The third-order valence-corrected chi connectivity index (χ3v) is 6.27. The van der Waals surface area contributed by atoms with E-state index in [-0.39, 0.29) is 0 Å². The summed E-state index contributed by atoms with van der Waals surface area (Å²) in [5, 5.41) is 2.97. The van der Waals surface area contributed by atoms with Gasteiger partial charge in [-0.25, -0.2) is 0 Å². The zero-order valence-corrected chi connectivity index (χ0v) is 12.7. The summed E-state index contributed by atoms with van der Waals surface area (Å²) in [7, 11) is 0. The molecule has 106 valence electrons. The van der Waals surface area contributed by atoms with Gasteiger partial charge < -0.3 is 0 Å². The van der Waals surface area contributed by atoms with E-state index < -0.39 is 0 Å². The molecule has 1 unspecified atom stereocenters. The molecule has 1 fully saturated rings. The van der Waals surface area contributed by atoms with E-state index in [9.17, 15) is 0 Å². The van der Waals surface area contributed by atoms with Crippen LogP contribution < -0.4 is 0 Å². The molecule has 0 N–H and O–H groups in total. The van der Waals surface area contributed by atoms with Crippen LogP contribution in [0.2, 0.25) is 0 Å². The third-order valence-electron chi connectivity index (χ3n) is 6.27. The van der Waals surface area contributed by atoms with E-state index in [2.05, 4.69) is 54.7 Å². The monoisotopic (exact) mass is 290 g/mol. The van der Waals surface area contributed by atoms with Gasteiger partial charge in [0.05, 0.1) is 0 Å². The molecular weight excluding hydrogens is 276 g/mol. The highest BCUT2D eigenvalue weighted by molar-refractivity contribution is 6.26. The Morgan fingerprint density at radius 1 is 0.870 bits per heavy atom. The van der Waals surface area contributed by atoms with Crippen LogP contribution in [0.25, 0.3) is 34.1 Å². The quantitative estimate of drug-likeness (QED) is 0.570. The molecule has 0 aliphatic heterocycles. The number of benzene rings is 2. The van der Waals surface area contributed by atoms with Gasteiger partial charge in [-0.05, 0) is 68.2 Å². The molecule has 23 heavy (non-hydrogen) atoms. The number of rotatable bonds is 0. The van der Waals surface area contributed by atoms with Crippen LogP contribution in [0.4, 0.5) is 0 Å². The molecule has 0 nitrogen and oxygen atoms in total. The highest BCUT2D eigenvalue weighted by Crippen LogP contribution is 2.69. The first kappa shape index (κ1) is 11.0. The van der Waals surface area contributed by atoms with Crippen molar-refractivity contribution in [2.24, 2.45) is 0 Å². The first-order valence-electron chi connectivity index (χ1n) is 8.53. The minimum absolute atomic E-state index is 0.705. The molecule has 7 rings (SSSR count). The van der Waals surface area contributed by atoms with Gasteiger partial charge in [-0.3, -0.25) is 0 Å². The second kappa shape index (κ2) is 3.33. The van der Waals surface area contributed by atoms with E-state index in [0.717, 1.165) is 0 Å². The molecule has 0 heterocycles. The van der Waals surface area contributed by atoms with Crippen LogP contribution in [0.5, 0.6) is 0 Å². The molecule has 0 aromatic heterocycles. The Labute approximate surface area is 134 Å². The maximum absolute atomic E-state index is 2.34. The molecule has 0 spiro atoms. The summed E-state index contributed by atoms with van der Waals surface area (Å²) >= 11 is 0. The standard InChI is InChI=1S/C23H14/c1-2-4-7-13-12(6-3-1)14-8-5-9-15-17-11-19-16-10-18(16)21(13)23(20(14)15)22(17)19/h1-9,18H,10-11H2/b2-1-,3-1?,4-2?,6-3-,7-4-,12-6?,13-7?. The predicted molar refractivity (Wildman–Crippen MR) is 97.0 cm³/mol. The summed E-state index contributed by atoms with van der Waals surface area (Å²) in [6.07, 6.45) is 15.8. The minimum atomic E-state index is 0.705. The summed E-state index contributed by atoms with van der Waals surface area (Å²) in [4.78, 5) is 0. The van der Waals surface area contributed by atoms with Crippen LogP contribution in [-0.2, 0) is 0 Å². The summed E-state index contributed by atoms with van der Waals surface area (Å²) in [5.41, 5.74) is 14.3. The maximum atomic E-state index is 2.34. The van der Waals surface area contributed by atoms with Gasteiger partial charge in [-0.2, -0.15) is 0 Å². The van der Waals surface area contributed by atoms with Crippen molar-refractivity contribution in [1.29, 1.82) is 0 Å².